The van der Waals surface area contributed by atoms with Crippen molar-refractivity contribution < 1.29 is 9.53 Å². The first-order valence-electron chi connectivity index (χ1n) is 7.41. The zero-order valence-electron chi connectivity index (χ0n) is 13.3. The Balaban J connectivity index is 0.00000144. The first-order valence-corrected chi connectivity index (χ1v) is 7.41. The van der Waals surface area contributed by atoms with E-state index in [-0.39, 0.29) is 36.8 Å². The Hall–Kier alpha value is -1.82. The molecule has 0 bridgehead atoms. The third-order valence-corrected chi connectivity index (χ3v) is 3.83. The number of aromatic nitrogens is 1. The summed E-state index contributed by atoms with van der Waals surface area (Å²) >= 11 is 0. The highest BCUT2D eigenvalue weighted by Gasteiger charge is 2.24. The van der Waals surface area contributed by atoms with Gasteiger partial charge in [0.05, 0.1) is 0 Å². The van der Waals surface area contributed by atoms with Crippen LogP contribution in [0.4, 0.5) is 0 Å². The highest BCUT2D eigenvalue weighted by atomic mass is 35.5. The zero-order valence-corrected chi connectivity index (χ0v) is 15.0. The van der Waals surface area contributed by atoms with Crippen molar-refractivity contribution in [3.63, 3.8) is 0 Å². The van der Waals surface area contributed by atoms with E-state index in [0.717, 1.165) is 25.3 Å². The van der Waals surface area contributed by atoms with Crippen molar-refractivity contribution >= 4 is 30.7 Å². The van der Waals surface area contributed by atoms with Gasteiger partial charge < -0.3 is 15.0 Å². The van der Waals surface area contributed by atoms with Crippen molar-refractivity contribution in [2.45, 2.75) is 12.5 Å². The number of ether oxygens (including phenoxy) is 1. The molecule has 3 rings (SSSR count). The van der Waals surface area contributed by atoms with Crippen LogP contribution >= 0.6 is 24.8 Å². The number of carbonyl (C=O) groups excluding carboxylic acids is 1. The molecule has 1 aromatic heterocycles. The van der Waals surface area contributed by atoms with E-state index in [2.05, 4.69) is 10.3 Å². The second kappa shape index (κ2) is 9.47. The Morgan fingerprint density at radius 2 is 1.96 bits per heavy atom. The van der Waals surface area contributed by atoms with Gasteiger partial charge >= 0.3 is 0 Å². The largest absolute Gasteiger partial charge is 0.457 e. The minimum Gasteiger partial charge on any atom is -0.457 e. The monoisotopic (exact) mass is 369 g/mol. The van der Waals surface area contributed by atoms with Crippen LogP contribution in [0.3, 0.4) is 0 Å². The SMILES string of the molecule is CN(C(=O)c1cc(Oc2ccccc2)ccn1)C1CCNC1.Cl.Cl. The number of hydrogen-bond acceptors (Lipinski definition) is 4. The first-order chi connectivity index (χ1) is 10.7. The molecule has 24 heavy (non-hydrogen) atoms. The molecule has 0 saturated carbocycles. The molecular weight excluding hydrogens is 349 g/mol. The second-order valence-corrected chi connectivity index (χ2v) is 5.35. The van der Waals surface area contributed by atoms with Crippen molar-refractivity contribution in [3.05, 3.63) is 54.4 Å². The van der Waals surface area contributed by atoms with Gasteiger partial charge in [0.2, 0.25) is 0 Å². The number of carbonyl (C=O) groups is 1. The summed E-state index contributed by atoms with van der Waals surface area (Å²) in [5.74, 6) is 1.27. The van der Waals surface area contributed by atoms with Gasteiger partial charge in [0.25, 0.3) is 5.91 Å². The van der Waals surface area contributed by atoms with Crippen molar-refractivity contribution in [1.29, 1.82) is 0 Å². The Morgan fingerprint density at radius 3 is 2.62 bits per heavy atom. The standard InChI is InChI=1S/C17H19N3O2.2ClH/c1-20(13-7-9-18-12-13)17(21)16-11-15(8-10-19-16)22-14-5-3-2-4-6-14;;/h2-6,8,10-11,13,18H,7,9,12H2,1H3;2*1H. The maximum Gasteiger partial charge on any atom is 0.272 e. The lowest BCUT2D eigenvalue weighted by atomic mass is 10.2. The molecule has 0 spiro atoms. The van der Waals surface area contributed by atoms with Crippen LogP contribution in [0, 0.1) is 0 Å². The van der Waals surface area contributed by atoms with Crippen LogP contribution in [0.2, 0.25) is 0 Å². The number of nitrogens with zero attached hydrogens (tertiary/aromatic N) is 2. The molecule has 1 aliphatic heterocycles. The van der Waals surface area contributed by atoms with Gasteiger partial charge in [0.1, 0.15) is 17.2 Å². The third-order valence-electron chi connectivity index (χ3n) is 3.83. The molecule has 1 fully saturated rings. The summed E-state index contributed by atoms with van der Waals surface area (Å²) in [6.45, 7) is 1.79. The van der Waals surface area contributed by atoms with E-state index in [4.69, 9.17) is 4.74 Å². The molecule has 1 N–H and O–H groups in total. The van der Waals surface area contributed by atoms with Gasteiger partial charge in [0.15, 0.2) is 0 Å². The minimum atomic E-state index is -0.0767. The number of hydrogen-bond donors (Lipinski definition) is 1. The number of benzene rings is 1. The number of amides is 1. The number of halogens is 2. The minimum absolute atomic E-state index is 0. The lowest BCUT2D eigenvalue weighted by molar-refractivity contribution is 0.0737. The first kappa shape index (κ1) is 20.2. The van der Waals surface area contributed by atoms with E-state index < -0.39 is 0 Å². The quantitative estimate of drug-likeness (QED) is 0.899. The van der Waals surface area contributed by atoms with E-state index in [1.54, 1.807) is 23.2 Å². The van der Waals surface area contributed by atoms with Crippen LogP contribution in [0.1, 0.15) is 16.9 Å². The fraction of sp³-hybridized carbons (Fsp3) is 0.294. The number of rotatable bonds is 4. The smallest absolute Gasteiger partial charge is 0.272 e. The normalized spacial score (nSPS) is 15.8. The highest BCUT2D eigenvalue weighted by Crippen LogP contribution is 2.21. The highest BCUT2D eigenvalue weighted by molar-refractivity contribution is 5.92. The van der Waals surface area contributed by atoms with Gasteiger partial charge in [-0.1, -0.05) is 18.2 Å². The number of para-hydroxylation sites is 1. The van der Waals surface area contributed by atoms with Gasteiger partial charge in [-0.15, -0.1) is 24.8 Å². The average Bonchev–Trinajstić information content (AvgIpc) is 3.09. The van der Waals surface area contributed by atoms with E-state index >= 15 is 0 Å². The van der Waals surface area contributed by atoms with Gasteiger partial charge in [-0.05, 0) is 31.2 Å². The summed E-state index contributed by atoms with van der Waals surface area (Å²) in [4.78, 5) is 18.5. The Labute approximate surface area is 154 Å². The fourth-order valence-corrected chi connectivity index (χ4v) is 2.53. The average molecular weight is 370 g/mol. The van der Waals surface area contributed by atoms with Crippen molar-refractivity contribution in [3.8, 4) is 11.5 Å². The summed E-state index contributed by atoms with van der Waals surface area (Å²) in [6, 6.07) is 13.2. The Bertz CT molecular complexity index is 649. The molecule has 1 aliphatic rings. The van der Waals surface area contributed by atoms with Crippen LogP contribution in [-0.4, -0.2) is 42.0 Å². The number of pyridine rings is 1. The van der Waals surface area contributed by atoms with Crippen LogP contribution in [-0.2, 0) is 0 Å². The topological polar surface area (TPSA) is 54.5 Å². The molecule has 5 nitrogen and oxygen atoms in total. The fourth-order valence-electron chi connectivity index (χ4n) is 2.53. The molecule has 0 radical (unpaired) electrons. The van der Waals surface area contributed by atoms with Gasteiger partial charge in [-0.3, -0.25) is 9.78 Å². The number of nitrogens with one attached hydrogen (secondary N) is 1. The predicted molar refractivity (Wildman–Crippen MR) is 98.6 cm³/mol. The molecular formula is C17H21Cl2N3O2. The van der Waals surface area contributed by atoms with E-state index in [9.17, 15) is 4.79 Å². The summed E-state index contributed by atoms with van der Waals surface area (Å²) in [7, 11) is 1.83. The molecule has 2 heterocycles. The molecule has 1 saturated heterocycles. The second-order valence-electron chi connectivity index (χ2n) is 5.35. The van der Waals surface area contributed by atoms with Crippen molar-refractivity contribution in [2.75, 3.05) is 20.1 Å². The van der Waals surface area contributed by atoms with E-state index in [1.165, 1.54) is 0 Å². The van der Waals surface area contributed by atoms with Gasteiger partial charge in [-0.2, -0.15) is 0 Å². The van der Waals surface area contributed by atoms with Gasteiger partial charge in [0, 0.05) is 31.9 Å². The molecule has 7 heteroatoms. The van der Waals surface area contributed by atoms with Crippen molar-refractivity contribution in [2.24, 2.45) is 0 Å². The maximum atomic E-state index is 12.5. The van der Waals surface area contributed by atoms with Crippen molar-refractivity contribution in [1.82, 2.24) is 15.2 Å². The zero-order chi connectivity index (χ0) is 15.4. The molecule has 1 atom stereocenters. The van der Waals surface area contributed by atoms with E-state index in [1.807, 2.05) is 37.4 Å². The molecule has 130 valence electrons. The molecule has 1 aromatic carbocycles. The lowest BCUT2D eigenvalue weighted by Gasteiger charge is -2.23. The van der Waals surface area contributed by atoms with Crippen LogP contribution < -0.4 is 10.1 Å². The summed E-state index contributed by atoms with van der Waals surface area (Å²) in [6.07, 6.45) is 2.58. The Morgan fingerprint density at radius 1 is 1.21 bits per heavy atom. The van der Waals surface area contributed by atoms with Crippen LogP contribution in [0.5, 0.6) is 11.5 Å². The molecule has 1 unspecified atom stereocenters. The van der Waals surface area contributed by atoms with E-state index in [0.29, 0.717) is 11.4 Å². The lowest BCUT2D eigenvalue weighted by Crippen LogP contribution is -2.38. The maximum absolute atomic E-state index is 12.5. The molecule has 2 aromatic rings. The van der Waals surface area contributed by atoms with Gasteiger partial charge in [-0.25, -0.2) is 0 Å². The third kappa shape index (κ3) is 4.84. The predicted octanol–water partition coefficient (Wildman–Crippen LogP) is 3.15. The molecule has 0 aliphatic carbocycles. The number of likely N-dealkylation sites (N-methyl/N-ethyl adjacent to an activating group) is 1. The summed E-state index contributed by atoms with van der Waals surface area (Å²) < 4.78 is 5.75. The van der Waals surface area contributed by atoms with Crippen LogP contribution in [0.15, 0.2) is 48.7 Å². The van der Waals surface area contributed by atoms with Crippen LogP contribution in [0.25, 0.3) is 0 Å². The summed E-state index contributed by atoms with van der Waals surface area (Å²) in [5.41, 5.74) is 0.405. The Kier molecular flexibility index (Phi) is 7.98. The summed E-state index contributed by atoms with van der Waals surface area (Å²) in [5, 5.41) is 3.26. The molecule has 1 amide bonds.